The van der Waals surface area contributed by atoms with Crippen LogP contribution in [0, 0.1) is 6.92 Å². The van der Waals surface area contributed by atoms with Crippen molar-refractivity contribution in [2.24, 2.45) is 5.73 Å². The summed E-state index contributed by atoms with van der Waals surface area (Å²) in [6, 6.07) is 7.33. The van der Waals surface area contributed by atoms with Crippen molar-refractivity contribution in [2.75, 3.05) is 6.54 Å². The molecule has 25 heavy (non-hydrogen) atoms. The van der Waals surface area contributed by atoms with Gasteiger partial charge in [-0.1, -0.05) is 49.6 Å². The second-order valence-electron chi connectivity index (χ2n) is 6.90. The molecule has 0 saturated heterocycles. The van der Waals surface area contributed by atoms with Crippen molar-refractivity contribution in [2.45, 2.75) is 65.1 Å². The Morgan fingerprint density at radius 3 is 2.44 bits per heavy atom. The Morgan fingerprint density at radius 2 is 1.88 bits per heavy atom. The van der Waals surface area contributed by atoms with Crippen molar-refractivity contribution in [1.29, 1.82) is 0 Å². The van der Waals surface area contributed by atoms with Gasteiger partial charge in [0.05, 0.1) is 0 Å². The van der Waals surface area contributed by atoms with Crippen molar-refractivity contribution >= 4 is 12.0 Å². The van der Waals surface area contributed by atoms with Crippen LogP contribution in [-0.4, -0.2) is 30.2 Å². The van der Waals surface area contributed by atoms with Gasteiger partial charge in [-0.3, -0.25) is 4.79 Å². The normalized spacial score (nSPS) is 12.4. The van der Waals surface area contributed by atoms with Crippen molar-refractivity contribution < 1.29 is 14.3 Å². The number of carbonyl (C=O) groups excluding carboxylic acids is 2. The predicted molar refractivity (Wildman–Crippen MR) is 99.1 cm³/mol. The highest BCUT2D eigenvalue weighted by Crippen LogP contribution is 2.09. The van der Waals surface area contributed by atoms with Gasteiger partial charge in [0.25, 0.3) is 0 Å². The maximum absolute atomic E-state index is 12.5. The van der Waals surface area contributed by atoms with Crippen LogP contribution in [0.4, 0.5) is 4.79 Å². The van der Waals surface area contributed by atoms with Crippen molar-refractivity contribution in [1.82, 2.24) is 10.6 Å². The fraction of sp³-hybridized carbons (Fsp3) is 0.579. The predicted octanol–water partition coefficient (Wildman–Crippen LogP) is 2.63. The Bertz CT molecular complexity index is 556. The van der Waals surface area contributed by atoms with Gasteiger partial charge in [-0.05, 0) is 32.8 Å². The molecular formula is C19H31N3O3. The lowest BCUT2D eigenvalue weighted by atomic mass is 10.1. The molecule has 6 heteroatoms. The molecule has 0 aromatic heterocycles. The number of benzene rings is 1. The SMILES string of the molecule is CCCCC(NC(=O)OC(C)(C)CN)C(=O)NCc1ccc(C)cc1. The quantitative estimate of drug-likeness (QED) is 0.639. The molecule has 1 aromatic rings. The first kappa shape index (κ1) is 21.0. The first-order chi connectivity index (χ1) is 11.8. The van der Waals surface area contributed by atoms with E-state index in [9.17, 15) is 9.59 Å². The first-order valence-corrected chi connectivity index (χ1v) is 8.80. The van der Waals surface area contributed by atoms with Crippen molar-refractivity contribution in [3.63, 3.8) is 0 Å². The summed E-state index contributed by atoms with van der Waals surface area (Å²) in [6.45, 7) is 8.14. The molecule has 1 aromatic carbocycles. The molecule has 1 atom stereocenters. The van der Waals surface area contributed by atoms with Gasteiger partial charge >= 0.3 is 6.09 Å². The second-order valence-corrected chi connectivity index (χ2v) is 6.90. The molecule has 0 fully saturated rings. The van der Waals surface area contributed by atoms with E-state index in [0.717, 1.165) is 18.4 Å². The topological polar surface area (TPSA) is 93.4 Å². The third-order valence-electron chi connectivity index (χ3n) is 3.90. The van der Waals surface area contributed by atoms with Gasteiger partial charge in [0.15, 0.2) is 0 Å². The maximum atomic E-state index is 12.5. The van der Waals surface area contributed by atoms with E-state index in [1.807, 2.05) is 38.1 Å². The van der Waals surface area contributed by atoms with E-state index in [4.69, 9.17) is 10.5 Å². The minimum atomic E-state index is -0.766. The fourth-order valence-corrected chi connectivity index (χ4v) is 2.16. The van der Waals surface area contributed by atoms with Crippen LogP contribution in [0.15, 0.2) is 24.3 Å². The first-order valence-electron chi connectivity index (χ1n) is 8.80. The summed E-state index contributed by atoms with van der Waals surface area (Å²) in [4.78, 5) is 24.5. The molecule has 0 aliphatic carbocycles. The van der Waals surface area contributed by atoms with Gasteiger partial charge in [0, 0.05) is 13.1 Å². The number of unbranched alkanes of at least 4 members (excludes halogenated alkanes) is 1. The van der Waals surface area contributed by atoms with E-state index >= 15 is 0 Å². The molecule has 2 amide bonds. The average molecular weight is 349 g/mol. The Balaban J connectivity index is 2.61. The van der Waals surface area contributed by atoms with E-state index in [1.165, 1.54) is 5.56 Å². The molecule has 0 radical (unpaired) electrons. The van der Waals surface area contributed by atoms with E-state index < -0.39 is 17.7 Å². The number of carbonyl (C=O) groups is 2. The fourth-order valence-electron chi connectivity index (χ4n) is 2.16. The minimum absolute atomic E-state index is 0.208. The zero-order valence-electron chi connectivity index (χ0n) is 15.7. The third-order valence-corrected chi connectivity index (χ3v) is 3.90. The van der Waals surface area contributed by atoms with Crippen molar-refractivity contribution in [3.05, 3.63) is 35.4 Å². The second kappa shape index (κ2) is 10.0. The number of nitrogens with one attached hydrogen (secondary N) is 2. The van der Waals surface area contributed by atoms with Gasteiger partial charge in [-0.2, -0.15) is 0 Å². The zero-order chi connectivity index (χ0) is 18.9. The van der Waals surface area contributed by atoms with Gasteiger partial charge in [0.1, 0.15) is 11.6 Å². The third kappa shape index (κ3) is 8.03. The molecule has 0 aliphatic heterocycles. The summed E-state index contributed by atoms with van der Waals surface area (Å²) >= 11 is 0. The molecule has 4 N–H and O–H groups in total. The Hall–Kier alpha value is -2.08. The number of alkyl carbamates (subject to hydrolysis) is 1. The number of ether oxygens (including phenoxy) is 1. The van der Waals surface area contributed by atoms with Crippen LogP contribution < -0.4 is 16.4 Å². The monoisotopic (exact) mass is 349 g/mol. The lowest BCUT2D eigenvalue weighted by molar-refractivity contribution is -0.123. The number of amides is 2. The Morgan fingerprint density at radius 1 is 1.24 bits per heavy atom. The molecule has 1 unspecified atom stereocenters. The summed E-state index contributed by atoms with van der Waals surface area (Å²) in [5, 5.41) is 5.53. The summed E-state index contributed by atoms with van der Waals surface area (Å²) in [5.41, 5.74) is 6.98. The molecule has 0 aliphatic rings. The molecule has 140 valence electrons. The molecule has 0 bridgehead atoms. The van der Waals surface area contributed by atoms with Crippen LogP contribution in [-0.2, 0) is 16.1 Å². The molecule has 0 heterocycles. The van der Waals surface area contributed by atoms with Gasteiger partial charge in [-0.15, -0.1) is 0 Å². The Labute approximate surface area is 150 Å². The lowest BCUT2D eigenvalue weighted by Crippen LogP contribution is -2.49. The molecular weight excluding hydrogens is 318 g/mol. The smallest absolute Gasteiger partial charge is 0.408 e. The molecule has 6 nitrogen and oxygen atoms in total. The van der Waals surface area contributed by atoms with E-state index in [2.05, 4.69) is 10.6 Å². The highest BCUT2D eigenvalue weighted by Gasteiger charge is 2.25. The number of aryl methyl sites for hydroxylation is 1. The number of hydrogen-bond acceptors (Lipinski definition) is 4. The minimum Gasteiger partial charge on any atom is -0.442 e. The van der Waals surface area contributed by atoms with E-state index in [-0.39, 0.29) is 12.5 Å². The lowest BCUT2D eigenvalue weighted by Gasteiger charge is -2.25. The maximum Gasteiger partial charge on any atom is 0.408 e. The molecule has 0 saturated carbocycles. The number of rotatable bonds is 9. The van der Waals surface area contributed by atoms with E-state index in [0.29, 0.717) is 13.0 Å². The van der Waals surface area contributed by atoms with Crippen LogP contribution in [0.2, 0.25) is 0 Å². The summed E-state index contributed by atoms with van der Waals surface area (Å²) in [7, 11) is 0. The number of hydrogen-bond donors (Lipinski definition) is 3. The van der Waals surface area contributed by atoms with Crippen LogP contribution in [0.1, 0.15) is 51.2 Å². The summed E-state index contributed by atoms with van der Waals surface area (Å²) in [6.07, 6.45) is 1.71. The van der Waals surface area contributed by atoms with E-state index in [1.54, 1.807) is 13.8 Å². The van der Waals surface area contributed by atoms with Crippen LogP contribution in [0.25, 0.3) is 0 Å². The largest absolute Gasteiger partial charge is 0.442 e. The van der Waals surface area contributed by atoms with Crippen LogP contribution in [0.5, 0.6) is 0 Å². The highest BCUT2D eigenvalue weighted by atomic mass is 16.6. The summed E-state index contributed by atoms with van der Waals surface area (Å²) in [5.74, 6) is -0.212. The van der Waals surface area contributed by atoms with Crippen LogP contribution >= 0.6 is 0 Å². The standard InChI is InChI=1S/C19H31N3O3/c1-5-6-7-16(22-18(24)25-19(3,4)13-20)17(23)21-12-15-10-8-14(2)9-11-15/h8-11,16H,5-7,12-13,20H2,1-4H3,(H,21,23)(H,22,24). The summed E-state index contributed by atoms with van der Waals surface area (Å²) < 4.78 is 5.27. The Kier molecular flexibility index (Phi) is 8.41. The average Bonchev–Trinajstić information content (AvgIpc) is 2.57. The number of nitrogens with two attached hydrogens (primary N) is 1. The highest BCUT2D eigenvalue weighted by molar-refractivity contribution is 5.85. The van der Waals surface area contributed by atoms with Crippen molar-refractivity contribution in [3.8, 4) is 0 Å². The van der Waals surface area contributed by atoms with Gasteiger partial charge < -0.3 is 21.1 Å². The molecule has 0 spiro atoms. The van der Waals surface area contributed by atoms with Gasteiger partial charge in [0.2, 0.25) is 5.91 Å². The molecule has 1 rings (SSSR count). The zero-order valence-corrected chi connectivity index (χ0v) is 15.7. The van der Waals surface area contributed by atoms with Gasteiger partial charge in [-0.25, -0.2) is 4.79 Å². The van der Waals surface area contributed by atoms with Crippen LogP contribution in [0.3, 0.4) is 0 Å².